The largest absolute Gasteiger partial charge is 0.469 e. The van der Waals surface area contributed by atoms with Crippen LogP contribution >= 0.6 is 0 Å². The Kier molecular flexibility index (Phi) is 3.19. The molecular weight excluding hydrogens is 226 g/mol. The summed E-state index contributed by atoms with van der Waals surface area (Å²) in [5.41, 5.74) is 2.58. The molecule has 1 N–H and O–H groups in total. The van der Waals surface area contributed by atoms with Crippen molar-refractivity contribution in [2.24, 2.45) is 0 Å². The summed E-state index contributed by atoms with van der Waals surface area (Å²) in [5, 5.41) is 7.91. The number of aryl methyl sites for hydroxylation is 2. The lowest BCUT2D eigenvalue weighted by molar-refractivity contribution is 0.405. The molecule has 0 aromatic carbocycles. The number of nitrogens with zero attached hydrogens (tertiary/aromatic N) is 2. The van der Waals surface area contributed by atoms with E-state index in [-0.39, 0.29) is 0 Å². The standard InChI is InChI=1S/C14H19N3O/c1-2-17-11(6-8-16-17)10-15-13-4-3-5-14-12(13)7-9-18-14/h6-9,13,15H,2-5,10H2,1H3. The van der Waals surface area contributed by atoms with Crippen molar-refractivity contribution in [1.29, 1.82) is 0 Å². The third-order valence-corrected chi connectivity index (χ3v) is 3.69. The first kappa shape index (κ1) is 11.5. The number of hydrogen-bond donors (Lipinski definition) is 1. The Labute approximate surface area is 107 Å². The lowest BCUT2D eigenvalue weighted by Crippen LogP contribution is -2.25. The average molecular weight is 245 g/mol. The molecule has 4 nitrogen and oxygen atoms in total. The van der Waals surface area contributed by atoms with Gasteiger partial charge in [-0.1, -0.05) is 0 Å². The van der Waals surface area contributed by atoms with Gasteiger partial charge in [0.1, 0.15) is 5.76 Å². The van der Waals surface area contributed by atoms with Crippen LogP contribution in [0.3, 0.4) is 0 Å². The molecule has 4 heteroatoms. The number of furan rings is 1. The monoisotopic (exact) mass is 245 g/mol. The Balaban J connectivity index is 1.68. The van der Waals surface area contributed by atoms with E-state index in [1.54, 1.807) is 6.26 Å². The number of hydrogen-bond acceptors (Lipinski definition) is 3. The molecular formula is C14H19N3O. The van der Waals surface area contributed by atoms with E-state index < -0.39 is 0 Å². The maximum Gasteiger partial charge on any atom is 0.108 e. The summed E-state index contributed by atoms with van der Waals surface area (Å²) >= 11 is 0. The molecule has 0 bridgehead atoms. The maximum absolute atomic E-state index is 5.51. The molecule has 0 fully saturated rings. The Morgan fingerprint density at radius 2 is 2.44 bits per heavy atom. The van der Waals surface area contributed by atoms with Gasteiger partial charge in [0.05, 0.1) is 12.0 Å². The third kappa shape index (κ3) is 2.08. The highest BCUT2D eigenvalue weighted by Gasteiger charge is 2.22. The van der Waals surface area contributed by atoms with Crippen molar-refractivity contribution in [2.45, 2.75) is 45.3 Å². The summed E-state index contributed by atoms with van der Waals surface area (Å²) in [5.74, 6) is 1.16. The van der Waals surface area contributed by atoms with Gasteiger partial charge in [-0.25, -0.2) is 0 Å². The van der Waals surface area contributed by atoms with Crippen molar-refractivity contribution in [3.8, 4) is 0 Å². The fourth-order valence-corrected chi connectivity index (χ4v) is 2.72. The van der Waals surface area contributed by atoms with Crippen molar-refractivity contribution in [2.75, 3.05) is 0 Å². The van der Waals surface area contributed by atoms with Gasteiger partial charge in [0, 0.05) is 37.3 Å². The smallest absolute Gasteiger partial charge is 0.108 e. The quantitative estimate of drug-likeness (QED) is 0.900. The molecule has 3 rings (SSSR count). The SMILES string of the molecule is CCn1nccc1CNC1CCCc2occc21. The molecule has 1 unspecified atom stereocenters. The molecule has 0 aliphatic heterocycles. The highest BCUT2D eigenvalue weighted by molar-refractivity contribution is 5.24. The topological polar surface area (TPSA) is 43.0 Å². The van der Waals surface area contributed by atoms with Gasteiger partial charge in [-0.05, 0) is 31.9 Å². The zero-order valence-corrected chi connectivity index (χ0v) is 10.7. The third-order valence-electron chi connectivity index (χ3n) is 3.69. The number of fused-ring (bicyclic) bond motifs is 1. The first-order valence-corrected chi connectivity index (χ1v) is 6.69. The minimum atomic E-state index is 0.424. The first-order valence-electron chi connectivity index (χ1n) is 6.69. The second-order valence-corrected chi connectivity index (χ2v) is 4.76. The van der Waals surface area contributed by atoms with Crippen molar-refractivity contribution >= 4 is 0 Å². The maximum atomic E-state index is 5.51. The van der Waals surface area contributed by atoms with Gasteiger partial charge in [-0.15, -0.1) is 0 Å². The van der Waals surface area contributed by atoms with Gasteiger partial charge in [0.2, 0.25) is 0 Å². The van der Waals surface area contributed by atoms with Crippen LogP contribution in [0, 0.1) is 0 Å². The molecule has 0 saturated heterocycles. The molecule has 1 atom stereocenters. The highest BCUT2D eigenvalue weighted by Crippen LogP contribution is 2.30. The molecule has 1 aliphatic carbocycles. The number of aromatic nitrogens is 2. The normalized spacial score (nSPS) is 18.8. The van der Waals surface area contributed by atoms with Crippen LogP contribution < -0.4 is 5.32 Å². The molecule has 0 radical (unpaired) electrons. The molecule has 0 spiro atoms. The summed E-state index contributed by atoms with van der Waals surface area (Å²) in [6.07, 6.45) is 7.14. The lowest BCUT2D eigenvalue weighted by Gasteiger charge is -2.22. The van der Waals surface area contributed by atoms with Crippen LogP contribution in [0.25, 0.3) is 0 Å². The van der Waals surface area contributed by atoms with Gasteiger partial charge in [0.15, 0.2) is 0 Å². The summed E-state index contributed by atoms with van der Waals surface area (Å²) in [7, 11) is 0. The van der Waals surface area contributed by atoms with Crippen LogP contribution in [0.1, 0.15) is 42.8 Å². The molecule has 96 valence electrons. The van der Waals surface area contributed by atoms with Crippen LogP contribution in [0.5, 0.6) is 0 Å². The lowest BCUT2D eigenvalue weighted by atomic mass is 9.93. The second kappa shape index (κ2) is 4.98. The van der Waals surface area contributed by atoms with E-state index in [0.29, 0.717) is 6.04 Å². The van der Waals surface area contributed by atoms with Gasteiger partial charge >= 0.3 is 0 Å². The fourth-order valence-electron chi connectivity index (χ4n) is 2.72. The fraction of sp³-hybridized carbons (Fsp3) is 0.500. The van der Waals surface area contributed by atoms with Crippen molar-refractivity contribution in [1.82, 2.24) is 15.1 Å². The molecule has 18 heavy (non-hydrogen) atoms. The van der Waals surface area contributed by atoms with E-state index in [1.807, 2.05) is 10.9 Å². The predicted molar refractivity (Wildman–Crippen MR) is 69.1 cm³/mol. The van der Waals surface area contributed by atoms with E-state index in [9.17, 15) is 0 Å². The zero-order valence-electron chi connectivity index (χ0n) is 10.7. The van der Waals surface area contributed by atoms with Crippen molar-refractivity contribution in [3.05, 3.63) is 41.6 Å². The minimum Gasteiger partial charge on any atom is -0.469 e. The Hall–Kier alpha value is -1.55. The average Bonchev–Trinajstić information content (AvgIpc) is 3.04. The molecule has 2 aromatic rings. The van der Waals surface area contributed by atoms with Crippen LogP contribution in [0.2, 0.25) is 0 Å². The van der Waals surface area contributed by atoms with E-state index in [4.69, 9.17) is 4.42 Å². The Morgan fingerprint density at radius 1 is 1.50 bits per heavy atom. The van der Waals surface area contributed by atoms with E-state index >= 15 is 0 Å². The summed E-state index contributed by atoms with van der Waals surface area (Å²) in [6.45, 7) is 3.90. The van der Waals surface area contributed by atoms with E-state index in [1.165, 1.54) is 24.1 Å². The predicted octanol–water partition coefficient (Wildman–Crippen LogP) is 2.66. The number of rotatable bonds is 4. The first-order chi connectivity index (χ1) is 8.88. The van der Waals surface area contributed by atoms with E-state index in [0.717, 1.165) is 25.3 Å². The molecule has 1 aliphatic rings. The Morgan fingerprint density at radius 3 is 3.33 bits per heavy atom. The van der Waals surface area contributed by atoms with Crippen molar-refractivity contribution < 1.29 is 4.42 Å². The number of nitrogens with one attached hydrogen (secondary N) is 1. The molecule has 0 saturated carbocycles. The Bertz CT molecular complexity index is 515. The van der Waals surface area contributed by atoms with Gasteiger partial charge < -0.3 is 9.73 Å². The minimum absolute atomic E-state index is 0.424. The van der Waals surface area contributed by atoms with Crippen LogP contribution in [-0.2, 0) is 19.5 Å². The van der Waals surface area contributed by atoms with E-state index in [2.05, 4.69) is 29.5 Å². The van der Waals surface area contributed by atoms with Gasteiger partial charge in [-0.2, -0.15) is 5.10 Å². The zero-order chi connectivity index (χ0) is 12.4. The van der Waals surface area contributed by atoms with Crippen LogP contribution in [-0.4, -0.2) is 9.78 Å². The molecule has 2 heterocycles. The van der Waals surface area contributed by atoms with Crippen molar-refractivity contribution in [3.63, 3.8) is 0 Å². The summed E-state index contributed by atoms with van der Waals surface area (Å²) < 4.78 is 7.54. The molecule has 0 amide bonds. The molecule has 2 aromatic heterocycles. The van der Waals surface area contributed by atoms with Gasteiger partial charge in [0.25, 0.3) is 0 Å². The summed E-state index contributed by atoms with van der Waals surface area (Å²) in [4.78, 5) is 0. The van der Waals surface area contributed by atoms with Gasteiger partial charge in [-0.3, -0.25) is 4.68 Å². The van der Waals surface area contributed by atoms with Crippen LogP contribution in [0.4, 0.5) is 0 Å². The highest BCUT2D eigenvalue weighted by atomic mass is 16.3. The van der Waals surface area contributed by atoms with Crippen LogP contribution in [0.15, 0.2) is 29.0 Å². The second-order valence-electron chi connectivity index (χ2n) is 4.76. The summed E-state index contributed by atoms with van der Waals surface area (Å²) in [6, 6.07) is 4.60.